The highest BCUT2D eigenvalue weighted by Crippen LogP contribution is 2.18. The minimum atomic E-state index is -1.09. The fourth-order valence-corrected chi connectivity index (χ4v) is 2.59. The van der Waals surface area contributed by atoms with Gasteiger partial charge in [0.25, 0.3) is 5.91 Å². The second-order valence-corrected chi connectivity index (χ2v) is 5.69. The van der Waals surface area contributed by atoms with Crippen molar-refractivity contribution in [2.45, 2.75) is 40.3 Å². The Hall–Kier alpha value is -2.70. The van der Waals surface area contributed by atoms with Crippen molar-refractivity contribution in [3.05, 3.63) is 52.9 Å². The average Bonchev–Trinajstić information content (AvgIpc) is 2.84. The fourth-order valence-electron chi connectivity index (χ4n) is 2.59. The van der Waals surface area contributed by atoms with Crippen molar-refractivity contribution < 1.29 is 23.1 Å². The molecule has 2 rings (SSSR count). The second kappa shape index (κ2) is 7.46. The third-order valence-electron chi connectivity index (χ3n) is 3.95. The average molecular weight is 350 g/mol. The van der Waals surface area contributed by atoms with Gasteiger partial charge in [-0.05, 0) is 45.9 Å². The molecule has 0 unspecified atom stereocenters. The topological polar surface area (TPSA) is 60.3 Å². The number of rotatable bonds is 5. The molecule has 0 radical (unpaired) electrons. The number of benzene rings is 1. The predicted molar refractivity (Wildman–Crippen MR) is 89.4 cm³/mol. The van der Waals surface area contributed by atoms with Crippen LogP contribution in [-0.2, 0) is 16.1 Å². The third kappa shape index (κ3) is 4.04. The van der Waals surface area contributed by atoms with Crippen LogP contribution in [0.3, 0.4) is 0 Å². The van der Waals surface area contributed by atoms with E-state index in [1.165, 1.54) is 13.0 Å². The van der Waals surface area contributed by atoms with Gasteiger partial charge in [0, 0.05) is 29.7 Å². The minimum Gasteiger partial charge on any atom is -0.449 e. The molecule has 1 amide bonds. The maximum Gasteiger partial charge on any atom is 0.340 e. The van der Waals surface area contributed by atoms with Gasteiger partial charge < -0.3 is 14.6 Å². The molecule has 0 saturated carbocycles. The smallest absolute Gasteiger partial charge is 0.340 e. The van der Waals surface area contributed by atoms with E-state index in [1.54, 1.807) is 13.0 Å². The van der Waals surface area contributed by atoms with Crippen molar-refractivity contribution in [1.82, 2.24) is 4.57 Å². The van der Waals surface area contributed by atoms with Crippen LogP contribution in [0.5, 0.6) is 0 Å². The van der Waals surface area contributed by atoms with Crippen molar-refractivity contribution >= 4 is 17.6 Å². The molecule has 1 aromatic heterocycles. The van der Waals surface area contributed by atoms with E-state index in [9.17, 15) is 18.4 Å². The minimum absolute atomic E-state index is 0.0796. The summed E-state index contributed by atoms with van der Waals surface area (Å²) in [6.45, 7) is 7.78. The molecule has 25 heavy (non-hydrogen) atoms. The van der Waals surface area contributed by atoms with Gasteiger partial charge in [-0.3, -0.25) is 4.79 Å². The predicted octanol–water partition coefficient (Wildman–Crippen LogP) is 3.59. The van der Waals surface area contributed by atoms with Crippen LogP contribution in [0, 0.1) is 25.5 Å². The standard InChI is InChI=1S/C18H20F2N2O3/c1-5-22-10(2)8-14(11(22)3)18(24)25-12(4)17(23)21-13-6-7-15(19)16(20)9-13/h6-9,12H,5H2,1-4H3,(H,21,23)/t12-/m1/s1. The van der Waals surface area contributed by atoms with Crippen LogP contribution in [0.1, 0.15) is 35.6 Å². The lowest BCUT2D eigenvalue weighted by Gasteiger charge is -2.14. The summed E-state index contributed by atoms with van der Waals surface area (Å²) in [6.07, 6.45) is -1.09. The molecule has 0 fully saturated rings. The van der Waals surface area contributed by atoms with Crippen molar-refractivity contribution in [3.63, 3.8) is 0 Å². The number of halogens is 2. The molecule has 1 heterocycles. The van der Waals surface area contributed by atoms with Crippen molar-refractivity contribution in [1.29, 1.82) is 0 Å². The Kier molecular flexibility index (Phi) is 5.56. The molecule has 0 spiro atoms. The highest BCUT2D eigenvalue weighted by Gasteiger charge is 2.22. The van der Waals surface area contributed by atoms with Crippen LogP contribution in [0.2, 0.25) is 0 Å². The second-order valence-electron chi connectivity index (χ2n) is 5.69. The summed E-state index contributed by atoms with van der Waals surface area (Å²) in [5, 5.41) is 2.38. The normalized spacial score (nSPS) is 11.9. The number of hydrogen-bond donors (Lipinski definition) is 1. The highest BCUT2D eigenvalue weighted by molar-refractivity contribution is 5.97. The molecule has 1 atom stereocenters. The maximum absolute atomic E-state index is 13.2. The van der Waals surface area contributed by atoms with Gasteiger partial charge in [0.15, 0.2) is 17.7 Å². The molecular weight excluding hydrogens is 330 g/mol. The number of esters is 1. The van der Waals surface area contributed by atoms with Gasteiger partial charge in [0.2, 0.25) is 0 Å². The van der Waals surface area contributed by atoms with Gasteiger partial charge in [-0.25, -0.2) is 13.6 Å². The van der Waals surface area contributed by atoms with Gasteiger partial charge in [-0.1, -0.05) is 0 Å². The number of anilines is 1. The summed E-state index contributed by atoms with van der Waals surface area (Å²) >= 11 is 0. The molecular formula is C18H20F2N2O3. The SMILES string of the molecule is CCn1c(C)cc(C(=O)O[C@H](C)C(=O)Nc2ccc(F)c(F)c2)c1C. The van der Waals surface area contributed by atoms with E-state index < -0.39 is 29.6 Å². The van der Waals surface area contributed by atoms with Crippen LogP contribution in [0.4, 0.5) is 14.5 Å². The molecule has 0 aliphatic rings. The Bertz CT molecular complexity index is 815. The molecule has 0 saturated heterocycles. The number of aryl methyl sites for hydroxylation is 1. The summed E-state index contributed by atoms with van der Waals surface area (Å²) < 4.78 is 33.2. The van der Waals surface area contributed by atoms with E-state index in [-0.39, 0.29) is 5.69 Å². The Morgan fingerprint density at radius 3 is 2.44 bits per heavy atom. The van der Waals surface area contributed by atoms with E-state index in [0.29, 0.717) is 5.56 Å². The number of nitrogens with one attached hydrogen (secondary N) is 1. The molecule has 134 valence electrons. The lowest BCUT2D eigenvalue weighted by atomic mass is 10.2. The van der Waals surface area contributed by atoms with Crippen molar-refractivity contribution in [2.75, 3.05) is 5.32 Å². The number of ether oxygens (including phenoxy) is 1. The molecule has 2 aromatic rings. The lowest BCUT2D eigenvalue weighted by Crippen LogP contribution is -2.30. The van der Waals surface area contributed by atoms with Crippen LogP contribution >= 0.6 is 0 Å². The Balaban J connectivity index is 2.05. The Morgan fingerprint density at radius 2 is 1.88 bits per heavy atom. The molecule has 1 aromatic carbocycles. The number of carbonyl (C=O) groups is 2. The van der Waals surface area contributed by atoms with Crippen molar-refractivity contribution in [2.24, 2.45) is 0 Å². The highest BCUT2D eigenvalue weighted by atomic mass is 19.2. The van der Waals surface area contributed by atoms with Crippen LogP contribution in [-0.4, -0.2) is 22.5 Å². The van der Waals surface area contributed by atoms with Gasteiger partial charge in [-0.15, -0.1) is 0 Å². The van der Waals surface area contributed by atoms with Crippen LogP contribution < -0.4 is 5.32 Å². The Labute approximate surface area is 144 Å². The summed E-state index contributed by atoms with van der Waals surface area (Å²) in [6, 6.07) is 4.69. The summed E-state index contributed by atoms with van der Waals surface area (Å²) in [5.41, 5.74) is 2.16. The van der Waals surface area contributed by atoms with E-state index in [2.05, 4.69) is 5.32 Å². The zero-order chi connectivity index (χ0) is 18.7. The maximum atomic E-state index is 13.2. The fraction of sp³-hybridized carbons (Fsp3) is 0.333. The number of carbonyl (C=O) groups excluding carboxylic acids is 2. The number of nitrogens with zero attached hydrogens (tertiary/aromatic N) is 1. The molecule has 0 aliphatic carbocycles. The number of aromatic nitrogens is 1. The van der Waals surface area contributed by atoms with Crippen LogP contribution in [0.15, 0.2) is 24.3 Å². The van der Waals surface area contributed by atoms with Crippen molar-refractivity contribution in [3.8, 4) is 0 Å². The van der Waals surface area contributed by atoms with E-state index >= 15 is 0 Å². The number of hydrogen-bond acceptors (Lipinski definition) is 3. The Morgan fingerprint density at radius 1 is 1.20 bits per heavy atom. The van der Waals surface area contributed by atoms with Gasteiger partial charge in [0.1, 0.15) is 0 Å². The summed E-state index contributed by atoms with van der Waals surface area (Å²) in [5.74, 6) is -3.33. The first-order valence-corrected chi connectivity index (χ1v) is 7.88. The monoisotopic (exact) mass is 350 g/mol. The molecule has 5 nitrogen and oxygen atoms in total. The summed E-state index contributed by atoms with van der Waals surface area (Å²) in [4.78, 5) is 24.4. The van der Waals surface area contributed by atoms with E-state index in [4.69, 9.17) is 4.74 Å². The zero-order valence-corrected chi connectivity index (χ0v) is 14.5. The first-order chi connectivity index (χ1) is 11.7. The molecule has 0 aliphatic heterocycles. The van der Waals surface area contributed by atoms with Gasteiger partial charge in [-0.2, -0.15) is 0 Å². The molecule has 0 bridgehead atoms. The summed E-state index contributed by atoms with van der Waals surface area (Å²) in [7, 11) is 0. The van der Waals surface area contributed by atoms with E-state index in [0.717, 1.165) is 30.1 Å². The van der Waals surface area contributed by atoms with Gasteiger partial charge >= 0.3 is 5.97 Å². The van der Waals surface area contributed by atoms with Gasteiger partial charge in [0.05, 0.1) is 5.56 Å². The first kappa shape index (κ1) is 18.6. The molecule has 7 heteroatoms. The lowest BCUT2D eigenvalue weighted by molar-refractivity contribution is -0.123. The zero-order valence-electron chi connectivity index (χ0n) is 14.5. The first-order valence-electron chi connectivity index (χ1n) is 7.88. The molecule has 1 N–H and O–H groups in total. The third-order valence-corrected chi connectivity index (χ3v) is 3.95. The van der Waals surface area contributed by atoms with E-state index in [1.807, 2.05) is 18.4 Å². The number of amides is 1. The quantitative estimate of drug-likeness (QED) is 0.839. The largest absolute Gasteiger partial charge is 0.449 e. The van der Waals surface area contributed by atoms with Crippen LogP contribution in [0.25, 0.3) is 0 Å².